The molecule has 1 amide bonds. The number of amides is 1. The van der Waals surface area contributed by atoms with Gasteiger partial charge >= 0.3 is 5.97 Å². The van der Waals surface area contributed by atoms with E-state index in [9.17, 15) is 9.59 Å². The number of aromatic nitrogens is 3. The molecule has 0 unspecified atom stereocenters. The second-order valence-corrected chi connectivity index (χ2v) is 7.83. The summed E-state index contributed by atoms with van der Waals surface area (Å²) in [6.45, 7) is 1.98. The van der Waals surface area contributed by atoms with Crippen molar-refractivity contribution in [2.45, 2.75) is 0 Å². The van der Waals surface area contributed by atoms with Crippen LogP contribution in [0.2, 0.25) is 5.02 Å². The normalized spacial score (nSPS) is 13.9. The topological polar surface area (TPSA) is 88.5 Å². The highest BCUT2D eigenvalue weighted by molar-refractivity contribution is 7.13. The predicted molar refractivity (Wildman–Crippen MR) is 114 cm³/mol. The predicted octanol–water partition coefficient (Wildman–Crippen LogP) is 2.76. The van der Waals surface area contributed by atoms with Crippen LogP contribution < -0.4 is 4.90 Å². The van der Waals surface area contributed by atoms with Gasteiger partial charge in [0.05, 0.1) is 0 Å². The third-order valence-corrected chi connectivity index (χ3v) is 5.74. The number of nitrogens with zero attached hydrogens (tertiary/aromatic N) is 5. The summed E-state index contributed by atoms with van der Waals surface area (Å²) in [7, 11) is 0. The van der Waals surface area contributed by atoms with Crippen LogP contribution >= 0.6 is 22.9 Å². The molecular formula is C20H18ClN5O3S. The molecule has 0 bridgehead atoms. The Kier molecular flexibility index (Phi) is 6.20. The summed E-state index contributed by atoms with van der Waals surface area (Å²) in [5, 5.41) is 2.94. The van der Waals surface area contributed by atoms with Crippen LogP contribution in [-0.4, -0.2) is 64.5 Å². The molecule has 0 aliphatic carbocycles. The lowest BCUT2D eigenvalue weighted by atomic mass is 10.2. The van der Waals surface area contributed by atoms with Gasteiger partial charge in [-0.3, -0.25) is 4.79 Å². The number of hydrogen-bond donors (Lipinski definition) is 0. The highest BCUT2D eigenvalue weighted by Crippen LogP contribution is 2.25. The maximum absolute atomic E-state index is 12.4. The van der Waals surface area contributed by atoms with E-state index < -0.39 is 5.97 Å². The van der Waals surface area contributed by atoms with Crippen molar-refractivity contribution in [3.05, 3.63) is 58.8 Å². The Balaban J connectivity index is 1.27. The summed E-state index contributed by atoms with van der Waals surface area (Å²) in [4.78, 5) is 41.1. The number of hydrogen-bond acceptors (Lipinski definition) is 8. The van der Waals surface area contributed by atoms with Crippen molar-refractivity contribution in [3.63, 3.8) is 0 Å². The van der Waals surface area contributed by atoms with E-state index in [0.29, 0.717) is 42.2 Å². The Labute approximate surface area is 182 Å². The molecule has 30 heavy (non-hydrogen) atoms. The van der Waals surface area contributed by atoms with Gasteiger partial charge < -0.3 is 14.5 Å². The Morgan fingerprint density at radius 2 is 1.77 bits per heavy atom. The molecule has 1 fully saturated rings. The zero-order chi connectivity index (χ0) is 20.9. The van der Waals surface area contributed by atoms with Crippen LogP contribution in [0, 0.1) is 0 Å². The molecule has 0 atom stereocenters. The first-order valence-electron chi connectivity index (χ1n) is 9.28. The van der Waals surface area contributed by atoms with Crippen LogP contribution in [0.1, 0.15) is 10.5 Å². The summed E-state index contributed by atoms with van der Waals surface area (Å²) < 4.78 is 5.18. The summed E-state index contributed by atoms with van der Waals surface area (Å²) in [6, 6.07) is 8.95. The standard InChI is InChI=1S/C20H18ClN5O3S/c21-15-4-2-14(3-5-15)18-24-16(13-30-18)19(28)29-12-17(27)25-8-10-26(11-9-25)20-22-6-1-7-23-20/h1-7,13H,8-12H2. The van der Waals surface area contributed by atoms with Crippen molar-refractivity contribution in [1.29, 1.82) is 0 Å². The summed E-state index contributed by atoms with van der Waals surface area (Å²) in [6.07, 6.45) is 3.38. The number of benzene rings is 1. The van der Waals surface area contributed by atoms with E-state index in [0.717, 1.165) is 5.56 Å². The zero-order valence-electron chi connectivity index (χ0n) is 15.9. The number of thiazole rings is 1. The average Bonchev–Trinajstić information content (AvgIpc) is 3.29. The lowest BCUT2D eigenvalue weighted by Gasteiger charge is -2.34. The molecule has 1 saturated heterocycles. The van der Waals surface area contributed by atoms with E-state index in [1.54, 1.807) is 40.9 Å². The minimum absolute atomic E-state index is 0.184. The molecule has 8 nitrogen and oxygen atoms in total. The van der Waals surface area contributed by atoms with Gasteiger partial charge in [-0.2, -0.15) is 0 Å². The highest BCUT2D eigenvalue weighted by atomic mass is 35.5. The van der Waals surface area contributed by atoms with Gasteiger partial charge in [0.25, 0.3) is 5.91 Å². The summed E-state index contributed by atoms with van der Waals surface area (Å²) >= 11 is 7.22. The van der Waals surface area contributed by atoms with Gasteiger partial charge in [-0.1, -0.05) is 23.7 Å². The molecule has 3 aromatic rings. The smallest absolute Gasteiger partial charge is 0.358 e. The number of carbonyl (C=O) groups is 2. The zero-order valence-corrected chi connectivity index (χ0v) is 17.5. The molecule has 0 N–H and O–H groups in total. The molecule has 4 rings (SSSR count). The molecule has 0 radical (unpaired) electrons. The van der Waals surface area contributed by atoms with Crippen molar-refractivity contribution in [1.82, 2.24) is 19.9 Å². The van der Waals surface area contributed by atoms with Crippen LogP contribution in [0.5, 0.6) is 0 Å². The van der Waals surface area contributed by atoms with Crippen LogP contribution in [0.4, 0.5) is 5.95 Å². The Hall–Kier alpha value is -3.04. The fraction of sp³-hybridized carbons (Fsp3) is 0.250. The second kappa shape index (κ2) is 9.19. The van der Waals surface area contributed by atoms with Crippen molar-refractivity contribution in [2.75, 3.05) is 37.7 Å². The first-order valence-corrected chi connectivity index (χ1v) is 10.5. The lowest BCUT2D eigenvalue weighted by Crippen LogP contribution is -2.50. The number of halogens is 1. The van der Waals surface area contributed by atoms with Crippen LogP contribution in [0.15, 0.2) is 48.1 Å². The monoisotopic (exact) mass is 443 g/mol. The van der Waals surface area contributed by atoms with Gasteiger partial charge in [0, 0.05) is 54.5 Å². The van der Waals surface area contributed by atoms with Crippen molar-refractivity contribution in [2.24, 2.45) is 0 Å². The molecule has 1 aromatic carbocycles. The van der Waals surface area contributed by atoms with E-state index >= 15 is 0 Å². The van der Waals surface area contributed by atoms with Crippen LogP contribution in [-0.2, 0) is 9.53 Å². The van der Waals surface area contributed by atoms with Gasteiger partial charge in [0.15, 0.2) is 12.3 Å². The van der Waals surface area contributed by atoms with Gasteiger partial charge in [-0.05, 0) is 18.2 Å². The first kappa shape index (κ1) is 20.2. The average molecular weight is 444 g/mol. The lowest BCUT2D eigenvalue weighted by molar-refractivity contribution is -0.134. The first-order chi connectivity index (χ1) is 14.6. The molecule has 1 aliphatic rings. The number of carbonyl (C=O) groups excluding carboxylic acids is 2. The van der Waals surface area contributed by atoms with E-state index in [2.05, 4.69) is 15.0 Å². The van der Waals surface area contributed by atoms with Crippen molar-refractivity contribution in [3.8, 4) is 10.6 Å². The van der Waals surface area contributed by atoms with Gasteiger partial charge in [-0.25, -0.2) is 19.7 Å². The third kappa shape index (κ3) is 4.74. The molecule has 2 aromatic heterocycles. The molecule has 10 heteroatoms. The number of anilines is 1. The fourth-order valence-corrected chi connectivity index (χ4v) is 3.92. The molecule has 154 valence electrons. The number of esters is 1. The number of piperazine rings is 1. The molecule has 3 heterocycles. The molecule has 1 aliphatic heterocycles. The van der Waals surface area contributed by atoms with Crippen molar-refractivity contribution < 1.29 is 14.3 Å². The quantitative estimate of drug-likeness (QED) is 0.560. The van der Waals surface area contributed by atoms with Crippen molar-refractivity contribution >= 4 is 40.8 Å². The maximum atomic E-state index is 12.4. The summed E-state index contributed by atoms with van der Waals surface area (Å²) in [5.74, 6) is -0.197. The minimum atomic E-state index is -0.615. The third-order valence-electron chi connectivity index (χ3n) is 4.60. The van der Waals surface area contributed by atoms with E-state index in [1.165, 1.54) is 11.3 Å². The number of ether oxygens (including phenoxy) is 1. The largest absolute Gasteiger partial charge is 0.451 e. The SMILES string of the molecule is O=C(OCC(=O)N1CCN(c2ncccn2)CC1)c1csc(-c2ccc(Cl)cc2)n1. The van der Waals surface area contributed by atoms with E-state index in [-0.39, 0.29) is 18.2 Å². The Bertz CT molecular complexity index is 1020. The van der Waals surface area contributed by atoms with Gasteiger partial charge in [0.1, 0.15) is 5.01 Å². The van der Waals surface area contributed by atoms with Gasteiger partial charge in [0.2, 0.25) is 5.95 Å². The molecule has 0 spiro atoms. The Morgan fingerprint density at radius 3 is 2.47 bits per heavy atom. The van der Waals surface area contributed by atoms with Gasteiger partial charge in [-0.15, -0.1) is 11.3 Å². The van der Waals surface area contributed by atoms with Crippen LogP contribution in [0.25, 0.3) is 10.6 Å². The van der Waals surface area contributed by atoms with E-state index in [4.69, 9.17) is 16.3 Å². The Morgan fingerprint density at radius 1 is 1.07 bits per heavy atom. The summed E-state index contributed by atoms with van der Waals surface area (Å²) in [5.41, 5.74) is 1.04. The second-order valence-electron chi connectivity index (χ2n) is 6.54. The fourth-order valence-electron chi connectivity index (χ4n) is 3.00. The molecule has 0 saturated carbocycles. The highest BCUT2D eigenvalue weighted by Gasteiger charge is 2.24. The number of rotatable bonds is 5. The van der Waals surface area contributed by atoms with E-state index in [1.807, 2.05) is 17.0 Å². The molecular weight excluding hydrogens is 426 g/mol. The minimum Gasteiger partial charge on any atom is -0.451 e. The maximum Gasteiger partial charge on any atom is 0.358 e. The van der Waals surface area contributed by atoms with Crippen LogP contribution in [0.3, 0.4) is 0 Å².